The van der Waals surface area contributed by atoms with Crippen LogP contribution in [0.1, 0.15) is 42.8 Å². The van der Waals surface area contributed by atoms with Gasteiger partial charge in [0.15, 0.2) is 17.3 Å². The number of piperidine rings is 1. The molecule has 2 aromatic heterocycles. The minimum atomic E-state index is 0.235. The van der Waals surface area contributed by atoms with Crippen molar-refractivity contribution in [1.82, 2.24) is 25.0 Å². The fourth-order valence-electron chi connectivity index (χ4n) is 3.57. The number of nitrogens with zero attached hydrogens (tertiary/aromatic N) is 5. The molecule has 1 aromatic carbocycles. The number of aryl methyl sites for hydroxylation is 1. The van der Waals surface area contributed by atoms with E-state index in [1.54, 1.807) is 18.5 Å². The number of aromatic hydroxyl groups is 1. The third-order valence-electron chi connectivity index (χ3n) is 5.17. The van der Waals surface area contributed by atoms with Crippen LogP contribution in [0.4, 0.5) is 0 Å². The quantitative estimate of drug-likeness (QED) is 0.679. The predicted octanol–water partition coefficient (Wildman–Crippen LogP) is 3.32. The molecule has 0 unspecified atom stereocenters. The molecule has 0 bridgehead atoms. The number of ether oxygens (including phenoxy) is 1. The van der Waals surface area contributed by atoms with Gasteiger partial charge in [-0.1, -0.05) is 17.3 Å². The molecular weight excluding hydrogens is 370 g/mol. The smallest absolute Gasteiger partial charge is 0.278 e. The van der Waals surface area contributed by atoms with Crippen LogP contribution in [0, 0.1) is 6.92 Å². The Hall–Kier alpha value is -3.00. The Morgan fingerprint density at radius 3 is 2.76 bits per heavy atom. The number of likely N-dealkylation sites (tertiary alicyclic amines) is 1. The lowest BCUT2D eigenvalue weighted by atomic mass is 9.95. The van der Waals surface area contributed by atoms with Crippen molar-refractivity contribution in [2.75, 3.05) is 19.7 Å². The molecule has 1 N–H and O–H groups in total. The van der Waals surface area contributed by atoms with Gasteiger partial charge in [-0.2, -0.15) is 4.98 Å². The Kier molecular flexibility index (Phi) is 5.71. The minimum Gasteiger partial charge on any atom is -0.504 e. The van der Waals surface area contributed by atoms with Crippen LogP contribution in [0.2, 0.25) is 0 Å². The van der Waals surface area contributed by atoms with Gasteiger partial charge in [0.2, 0.25) is 0 Å². The second-order valence-corrected chi connectivity index (χ2v) is 7.25. The van der Waals surface area contributed by atoms with Gasteiger partial charge in [0.05, 0.1) is 18.5 Å². The van der Waals surface area contributed by atoms with Crippen molar-refractivity contribution in [3.8, 4) is 23.1 Å². The molecule has 0 aliphatic carbocycles. The van der Waals surface area contributed by atoms with Gasteiger partial charge in [-0.3, -0.25) is 9.88 Å². The Morgan fingerprint density at radius 1 is 1.21 bits per heavy atom. The molecule has 3 aromatic rings. The van der Waals surface area contributed by atoms with E-state index in [4.69, 9.17) is 9.26 Å². The van der Waals surface area contributed by atoms with Crippen LogP contribution < -0.4 is 4.74 Å². The Labute approximate surface area is 169 Å². The van der Waals surface area contributed by atoms with Crippen LogP contribution in [0.15, 0.2) is 35.1 Å². The summed E-state index contributed by atoms with van der Waals surface area (Å²) in [6.45, 7) is 6.82. The third kappa shape index (κ3) is 4.37. The molecule has 1 aliphatic rings. The van der Waals surface area contributed by atoms with Gasteiger partial charge in [-0.05, 0) is 45.8 Å². The second-order valence-electron chi connectivity index (χ2n) is 7.25. The van der Waals surface area contributed by atoms with Crippen molar-refractivity contribution in [2.45, 2.75) is 39.2 Å². The molecule has 8 heteroatoms. The Bertz CT molecular complexity index is 949. The summed E-state index contributed by atoms with van der Waals surface area (Å²) in [6, 6.07) is 5.65. The van der Waals surface area contributed by atoms with Gasteiger partial charge in [0.1, 0.15) is 5.69 Å². The SMILES string of the molecule is CCOc1cccc(CN2CCC(c3noc(-c4cnc(C)cn4)n3)CC2)c1O. The Morgan fingerprint density at radius 2 is 2.03 bits per heavy atom. The number of aromatic nitrogens is 4. The number of para-hydroxylation sites is 1. The first-order valence-corrected chi connectivity index (χ1v) is 9.92. The zero-order valence-corrected chi connectivity index (χ0v) is 16.7. The molecule has 3 heterocycles. The van der Waals surface area contributed by atoms with E-state index in [-0.39, 0.29) is 11.7 Å². The van der Waals surface area contributed by atoms with E-state index < -0.39 is 0 Å². The first-order chi connectivity index (χ1) is 14.1. The molecule has 0 atom stereocenters. The van der Waals surface area contributed by atoms with Crippen LogP contribution in [0.3, 0.4) is 0 Å². The summed E-state index contributed by atoms with van der Waals surface area (Å²) < 4.78 is 10.9. The average Bonchev–Trinajstić information content (AvgIpc) is 3.22. The molecule has 0 spiro atoms. The van der Waals surface area contributed by atoms with E-state index in [1.807, 2.05) is 26.0 Å². The highest BCUT2D eigenvalue weighted by Gasteiger charge is 2.26. The van der Waals surface area contributed by atoms with Crippen LogP contribution in [0.25, 0.3) is 11.6 Å². The summed E-state index contributed by atoms with van der Waals surface area (Å²) in [6.07, 6.45) is 5.21. The number of rotatable bonds is 6. The van der Waals surface area contributed by atoms with Gasteiger partial charge in [-0.15, -0.1) is 0 Å². The number of phenols is 1. The first kappa shape index (κ1) is 19.3. The summed E-state index contributed by atoms with van der Waals surface area (Å²) in [4.78, 5) is 15.4. The van der Waals surface area contributed by atoms with E-state index in [0.717, 1.165) is 43.0 Å². The van der Waals surface area contributed by atoms with Crippen molar-refractivity contribution in [3.63, 3.8) is 0 Å². The molecular formula is C21H25N5O3. The van der Waals surface area contributed by atoms with E-state index in [1.165, 1.54) is 0 Å². The van der Waals surface area contributed by atoms with Gasteiger partial charge in [0, 0.05) is 24.2 Å². The lowest BCUT2D eigenvalue weighted by molar-refractivity contribution is 0.197. The highest BCUT2D eigenvalue weighted by molar-refractivity contribution is 5.45. The Balaban J connectivity index is 1.37. The lowest BCUT2D eigenvalue weighted by Crippen LogP contribution is -2.32. The van der Waals surface area contributed by atoms with Crippen molar-refractivity contribution in [1.29, 1.82) is 0 Å². The zero-order chi connectivity index (χ0) is 20.2. The van der Waals surface area contributed by atoms with Crippen LogP contribution in [-0.2, 0) is 6.54 Å². The summed E-state index contributed by atoms with van der Waals surface area (Å²) in [7, 11) is 0. The molecule has 4 rings (SSSR count). The summed E-state index contributed by atoms with van der Waals surface area (Å²) >= 11 is 0. The van der Waals surface area contributed by atoms with Crippen LogP contribution in [-0.4, -0.2) is 49.8 Å². The minimum absolute atomic E-state index is 0.235. The highest BCUT2D eigenvalue weighted by Crippen LogP contribution is 2.33. The van der Waals surface area contributed by atoms with E-state index >= 15 is 0 Å². The largest absolute Gasteiger partial charge is 0.504 e. The van der Waals surface area contributed by atoms with E-state index in [2.05, 4.69) is 25.0 Å². The molecule has 0 saturated carbocycles. The predicted molar refractivity (Wildman–Crippen MR) is 107 cm³/mol. The number of hydrogen-bond donors (Lipinski definition) is 1. The fourth-order valence-corrected chi connectivity index (χ4v) is 3.57. The molecule has 1 saturated heterocycles. The summed E-state index contributed by atoms with van der Waals surface area (Å²) in [5, 5.41) is 14.6. The molecule has 0 radical (unpaired) electrons. The summed E-state index contributed by atoms with van der Waals surface area (Å²) in [5.41, 5.74) is 2.32. The molecule has 8 nitrogen and oxygen atoms in total. The molecule has 1 aliphatic heterocycles. The van der Waals surface area contributed by atoms with Crippen molar-refractivity contribution < 1.29 is 14.4 Å². The lowest BCUT2D eigenvalue weighted by Gasteiger charge is -2.30. The highest BCUT2D eigenvalue weighted by atomic mass is 16.5. The standard InChI is InChI=1S/C21H25N5O3/c1-3-28-18-6-4-5-16(19(18)27)13-26-9-7-15(8-10-26)20-24-21(29-25-20)17-12-22-14(2)11-23-17/h4-6,11-12,15,27H,3,7-10,13H2,1-2H3. The van der Waals surface area contributed by atoms with Gasteiger partial charge in [0.25, 0.3) is 5.89 Å². The molecule has 152 valence electrons. The second kappa shape index (κ2) is 8.57. The zero-order valence-electron chi connectivity index (χ0n) is 16.7. The first-order valence-electron chi connectivity index (χ1n) is 9.92. The van der Waals surface area contributed by atoms with Gasteiger partial charge < -0.3 is 14.4 Å². The van der Waals surface area contributed by atoms with Gasteiger partial charge in [-0.25, -0.2) is 4.98 Å². The average molecular weight is 395 g/mol. The van der Waals surface area contributed by atoms with E-state index in [0.29, 0.717) is 30.5 Å². The topological polar surface area (TPSA) is 97.4 Å². The van der Waals surface area contributed by atoms with Crippen LogP contribution >= 0.6 is 0 Å². The maximum Gasteiger partial charge on any atom is 0.278 e. The van der Waals surface area contributed by atoms with Gasteiger partial charge >= 0.3 is 0 Å². The van der Waals surface area contributed by atoms with Crippen molar-refractivity contribution in [3.05, 3.63) is 47.7 Å². The van der Waals surface area contributed by atoms with Crippen LogP contribution in [0.5, 0.6) is 11.5 Å². The maximum absolute atomic E-state index is 10.4. The number of benzene rings is 1. The number of phenolic OH excluding ortho intramolecular Hbond substituents is 1. The summed E-state index contributed by atoms with van der Waals surface area (Å²) in [5.74, 6) is 2.17. The molecule has 1 fully saturated rings. The number of hydrogen-bond acceptors (Lipinski definition) is 8. The van der Waals surface area contributed by atoms with Crippen molar-refractivity contribution in [2.24, 2.45) is 0 Å². The fraction of sp³-hybridized carbons (Fsp3) is 0.429. The molecule has 29 heavy (non-hydrogen) atoms. The van der Waals surface area contributed by atoms with E-state index in [9.17, 15) is 5.11 Å². The monoisotopic (exact) mass is 395 g/mol. The third-order valence-corrected chi connectivity index (χ3v) is 5.17. The maximum atomic E-state index is 10.4. The normalized spacial score (nSPS) is 15.5. The molecule has 0 amide bonds. The van der Waals surface area contributed by atoms with Crippen molar-refractivity contribution >= 4 is 0 Å².